The molecule has 3 N–H and O–H groups in total. The van der Waals surface area contributed by atoms with E-state index in [0.717, 1.165) is 0 Å². The van der Waals surface area contributed by atoms with Gasteiger partial charge in [-0.25, -0.2) is 9.97 Å². The van der Waals surface area contributed by atoms with Gasteiger partial charge in [-0.2, -0.15) is 5.10 Å². The number of nitrogens with one attached hydrogen (secondary N) is 3. The first-order valence-corrected chi connectivity index (χ1v) is 7.04. The molecule has 116 valence electrons. The number of hydrogen-bond donors (Lipinski definition) is 3. The van der Waals surface area contributed by atoms with Crippen LogP contribution >= 0.6 is 0 Å². The highest BCUT2D eigenvalue weighted by Crippen LogP contribution is 2.36. The zero-order chi connectivity index (χ0) is 16.0. The second-order valence-corrected chi connectivity index (χ2v) is 5.05. The number of imidazole rings is 1. The summed E-state index contributed by atoms with van der Waals surface area (Å²) in [5, 5.41) is 9.20. The van der Waals surface area contributed by atoms with E-state index in [1.807, 2.05) is 0 Å². The number of benzene rings is 1. The molecule has 0 fully saturated rings. The van der Waals surface area contributed by atoms with Crippen molar-refractivity contribution >= 4 is 28.6 Å². The highest BCUT2D eigenvalue weighted by atomic mass is 16.5. The number of esters is 1. The molecule has 1 unspecified atom stereocenters. The Morgan fingerprint density at radius 3 is 2.96 bits per heavy atom. The number of nitrogens with zero attached hydrogens (tertiary/aromatic N) is 3. The first-order chi connectivity index (χ1) is 11.2. The van der Waals surface area contributed by atoms with Gasteiger partial charge in [0.2, 0.25) is 5.91 Å². The van der Waals surface area contributed by atoms with Crippen LogP contribution in [-0.4, -0.2) is 43.6 Å². The van der Waals surface area contributed by atoms with Crippen molar-refractivity contribution in [3.63, 3.8) is 0 Å². The first-order valence-electron chi connectivity index (χ1n) is 7.04. The van der Waals surface area contributed by atoms with Gasteiger partial charge in [0, 0.05) is 11.3 Å². The zero-order valence-electron chi connectivity index (χ0n) is 12.1. The number of carbonyl (C=O) groups is 2. The van der Waals surface area contributed by atoms with E-state index >= 15 is 0 Å². The number of anilines is 1. The maximum absolute atomic E-state index is 12.0. The van der Waals surface area contributed by atoms with Crippen LogP contribution in [0.5, 0.6) is 0 Å². The molecule has 1 aromatic carbocycles. The minimum absolute atomic E-state index is 0.222. The van der Waals surface area contributed by atoms with Crippen molar-refractivity contribution in [2.75, 3.05) is 11.9 Å². The predicted octanol–water partition coefficient (Wildman–Crippen LogP) is 0.947. The molecule has 0 saturated heterocycles. The predicted molar refractivity (Wildman–Crippen MR) is 79.5 cm³/mol. The van der Waals surface area contributed by atoms with E-state index < -0.39 is 11.9 Å². The molecule has 23 heavy (non-hydrogen) atoms. The Labute approximate surface area is 129 Å². The van der Waals surface area contributed by atoms with Crippen molar-refractivity contribution in [1.29, 1.82) is 0 Å². The summed E-state index contributed by atoms with van der Waals surface area (Å²) >= 11 is 0. The molecule has 1 amide bonds. The Morgan fingerprint density at radius 2 is 2.22 bits per heavy atom. The SMILES string of the molecule is CCOC(=O)C1C(=O)Nc2cc3nc(-c4ncn[nH]4)[nH]c3cc21. The van der Waals surface area contributed by atoms with E-state index in [-0.39, 0.29) is 12.5 Å². The molecule has 3 heterocycles. The van der Waals surface area contributed by atoms with E-state index in [0.29, 0.717) is 33.9 Å². The maximum Gasteiger partial charge on any atom is 0.323 e. The minimum Gasteiger partial charge on any atom is -0.465 e. The summed E-state index contributed by atoms with van der Waals surface area (Å²) in [6.07, 6.45) is 1.39. The number of ether oxygens (including phenoxy) is 1. The normalized spacial score (nSPS) is 16.4. The third-order valence-electron chi connectivity index (χ3n) is 3.65. The highest BCUT2D eigenvalue weighted by molar-refractivity contribution is 6.16. The third-order valence-corrected chi connectivity index (χ3v) is 3.65. The fraction of sp³-hybridized carbons (Fsp3) is 0.214. The number of rotatable bonds is 3. The molecular formula is C14H12N6O3. The highest BCUT2D eigenvalue weighted by Gasteiger charge is 2.38. The number of fused-ring (bicyclic) bond motifs is 2. The fourth-order valence-electron chi connectivity index (χ4n) is 2.66. The molecule has 0 radical (unpaired) electrons. The van der Waals surface area contributed by atoms with Crippen LogP contribution in [0, 0.1) is 0 Å². The van der Waals surface area contributed by atoms with Gasteiger partial charge in [-0.1, -0.05) is 0 Å². The molecule has 4 rings (SSSR count). The van der Waals surface area contributed by atoms with Gasteiger partial charge in [-0.05, 0) is 19.1 Å². The Kier molecular flexibility index (Phi) is 2.86. The summed E-state index contributed by atoms with van der Waals surface area (Å²) in [5.41, 5.74) is 2.49. The van der Waals surface area contributed by atoms with Crippen molar-refractivity contribution in [2.45, 2.75) is 12.8 Å². The standard InChI is InChI=1S/C14H12N6O3/c1-2-23-14(22)10-6-3-8-9(4-7(6)19-13(10)21)18-12(17-8)11-15-5-16-20-11/h3-5,10H,2H2,1H3,(H,17,18)(H,19,21)(H,15,16,20). The molecule has 1 atom stereocenters. The Hall–Kier alpha value is -3.23. The van der Waals surface area contributed by atoms with Crippen molar-refractivity contribution in [1.82, 2.24) is 25.1 Å². The van der Waals surface area contributed by atoms with Crippen LogP contribution in [0.4, 0.5) is 5.69 Å². The number of aromatic amines is 2. The van der Waals surface area contributed by atoms with Gasteiger partial charge < -0.3 is 15.0 Å². The summed E-state index contributed by atoms with van der Waals surface area (Å²) in [6, 6.07) is 3.45. The van der Waals surface area contributed by atoms with Gasteiger partial charge in [0.25, 0.3) is 0 Å². The molecule has 0 saturated carbocycles. The Morgan fingerprint density at radius 1 is 1.35 bits per heavy atom. The minimum atomic E-state index is -0.952. The van der Waals surface area contributed by atoms with Gasteiger partial charge in [0.05, 0.1) is 17.6 Å². The van der Waals surface area contributed by atoms with Gasteiger partial charge in [-0.15, -0.1) is 0 Å². The van der Waals surface area contributed by atoms with Crippen LogP contribution in [-0.2, 0) is 14.3 Å². The van der Waals surface area contributed by atoms with E-state index in [9.17, 15) is 9.59 Å². The molecule has 0 spiro atoms. The van der Waals surface area contributed by atoms with Crippen LogP contribution in [0.1, 0.15) is 18.4 Å². The van der Waals surface area contributed by atoms with E-state index in [1.165, 1.54) is 6.33 Å². The van der Waals surface area contributed by atoms with Crippen molar-refractivity contribution in [3.8, 4) is 11.6 Å². The lowest BCUT2D eigenvalue weighted by Gasteiger charge is -2.07. The first kappa shape index (κ1) is 13.4. The lowest BCUT2D eigenvalue weighted by molar-refractivity contribution is -0.147. The third kappa shape index (κ3) is 2.05. The molecular weight excluding hydrogens is 300 g/mol. The summed E-state index contributed by atoms with van der Waals surface area (Å²) < 4.78 is 4.98. The second-order valence-electron chi connectivity index (χ2n) is 5.05. The average Bonchev–Trinajstić information content (AvgIpc) is 3.21. The molecule has 9 nitrogen and oxygen atoms in total. The van der Waals surface area contributed by atoms with Crippen LogP contribution in [0.25, 0.3) is 22.7 Å². The molecule has 1 aliphatic rings. The zero-order valence-corrected chi connectivity index (χ0v) is 12.1. The monoisotopic (exact) mass is 312 g/mol. The number of amides is 1. The molecule has 1 aliphatic heterocycles. The van der Waals surface area contributed by atoms with Crippen molar-refractivity contribution in [2.24, 2.45) is 0 Å². The molecule has 2 aromatic heterocycles. The fourth-order valence-corrected chi connectivity index (χ4v) is 2.66. The van der Waals surface area contributed by atoms with Crippen LogP contribution in [0.3, 0.4) is 0 Å². The van der Waals surface area contributed by atoms with Crippen LogP contribution in [0.2, 0.25) is 0 Å². The van der Waals surface area contributed by atoms with Crippen molar-refractivity contribution in [3.05, 3.63) is 24.0 Å². The van der Waals surface area contributed by atoms with E-state index in [1.54, 1.807) is 19.1 Å². The van der Waals surface area contributed by atoms with Gasteiger partial charge >= 0.3 is 5.97 Å². The topological polar surface area (TPSA) is 126 Å². The maximum atomic E-state index is 12.0. The quantitative estimate of drug-likeness (QED) is 0.488. The summed E-state index contributed by atoms with van der Waals surface area (Å²) in [4.78, 5) is 35.6. The molecule has 9 heteroatoms. The molecule has 0 aliphatic carbocycles. The second kappa shape index (κ2) is 4.90. The largest absolute Gasteiger partial charge is 0.465 e. The Balaban J connectivity index is 1.80. The van der Waals surface area contributed by atoms with Gasteiger partial charge in [-0.3, -0.25) is 14.7 Å². The number of aromatic nitrogens is 5. The number of carbonyl (C=O) groups excluding carboxylic acids is 2. The van der Waals surface area contributed by atoms with Crippen LogP contribution < -0.4 is 5.32 Å². The van der Waals surface area contributed by atoms with Crippen molar-refractivity contribution < 1.29 is 14.3 Å². The average molecular weight is 312 g/mol. The summed E-state index contributed by atoms with van der Waals surface area (Å²) in [5.74, 6) is -0.862. The molecule has 0 bridgehead atoms. The number of H-pyrrole nitrogens is 2. The number of hydrogen-bond acceptors (Lipinski definition) is 6. The molecule has 3 aromatic rings. The Bertz CT molecular complexity index is 914. The summed E-state index contributed by atoms with van der Waals surface area (Å²) in [7, 11) is 0. The van der Waals surface area contributed by atoms with E-state index in [4.69, 9.17) is 4.74 Å². The summed E-state index contributed by atoms with van der Waals surface area (Å²) in [6.45, 7) is 1.92. The smallest absolute Gasteiger partial charge is 0.323 e. The lowest BCUT2D eigenvalue weighted by Crippen LogP contribution is -2.22. The van der Waals surface area contributed by atoms with Gasteiger partial charge in [0.1, 0.15) is 6.33 Å². The van der Waals surface area contributed by atoms with Crippen LogP contribution in [0.15, 0.2) is 18.5 Å². The van der Waals surface area contributed by atoms with E-state index in [2.05, 4.69) is 30.5 Å². The lowest BCUT2D eigenvalue weighted by atomic mass is 10.0. The van der Waals surface area contributed by atoms with Gasteiger partial charge in [0.15, 0.2) is 17.6 Å².